The maximum absolute atomic E-state index is 6.09. The highest BCUT2D eigenvalue weighted by molar-refractivity contribution is 6.18. The van der Waals surface area contributed by atoms with Gasteiger partial charge in [-0.15, -0.1) is 11.6 Å². The van der Waals surface area contributed by atoms with Gasteiger partial charge in [0.1, 0.15) is 0 Å². The molecule has 3 rings (SSSR count). The van der Waals surface area contributed by atoms with Crippen LogP contribution >= 0.6 is 11.6 Å². The van der Waals surface area contributed by atoms with Gasteiger partial charge in [0.15, 0.2) is 0 Å². The van der Waals surface area contributed by atoms with Crippen LogP contribution in [0, 0.1) is 0 Å². The Balaban J connectivity index is 1.84. The van der Waals surface area contributed by atoms with E-state index in [0.29, 0.717) is 5.88 Å². The van der Waals surface area contributed by atoms with Gasteiger partial charge in [-0.25, -0.2) is 0 Å². The summed E-state index contributed by atoms with van der Waals surface area (Å²) in [4.78, 5) is 0. The zero-order valence-corrected chi connectivity index (χ0v) is 12.1. The van der Waals surface area contributed by atoms with Crippen molar-refractivity contribution in [3.8, 4) is 0 Å². The number of aromatic nitrogens is 2. The molecular weight excluding hydrogens is 258 g/mol. The summed E-state index contributed by atoms with van der Waals surface area (Å²) in [7, 11) is 0. The second kappa shape index (κ2) is 5.14. The maximum atomic E-state index is 6.09. The normalized spacial score (nSPS) is 17.6. The Morgan fingerprint density at radius 1 is 1.37 bits per heavy atom. The molecule has 0 unspecified atom stereocenters. The number of benzene rings is 1. The van der Waals surface area contributed by atoms with Crippen LogP contribution in [0.5, 0.6) is 0 Å². The van der Waals surface area contributed by atoms with Crippen molar-refractivity contribution in [2.24, 2.45) is 0 Å². The van der Waals surface area contributed by atoms with E-state index in [1.54, 1.807) is 0 Å². The molecule has 19 heavy (non-hydrogen) atoms. The summed E-state index contributed by atoms with van der Waals surface area (Å²) >= 11 is 6.09. The molecule has 0 aliphatic heterocycles. The fraction of sp³-hybridized carbons (Fsp3) is 0.533. The highest BCUT2D eigenvalue weighted by atomic mass is 35.5. The Kier molecular flexibility index (Phi) is 3.50. The van der Waals surface area contributed by atoms with Crippen molar-refractivity contribution < 1.29 is 0 Å². The largest absolute Gasteiger partial charge is 0.304 e. The Labute approximate surface area is 118 Å². The molecule has 1 aromatic heterocycles. The third-order valence-corrected chi connectivity index (χ3v) is 4.74. The molecule has 1 heterocycles. The van der Waals surface area contributed by atoms with Crippen LogP contribution in [0.3, 0.4) is 0 Å². The number of halogens is 1. The fourth-order valence-electron chi connectivity index (χ4n) is 2.80. The minimum Gasteiger partial charge on any atom is -0.304 e. The zero-order valence-electron chi connectivity index (χ0n) is 11.3. The van der Waals surface area contributed by atoms with Gasteiger partial charge >= 0.3 is 0 Å². The van der Waals surface area contributed by atoms with Crippen molar-refractivity contribution in [3.05, 3.63) is 30.0 Å². The van der Waals surface area contributed by atoms with Gasteiger partial charge in [-0.3, -0.25) is 4.68 Å². The van der Waals surface area contributed by atoms with E-state index in [1.165, 1.54) is 30.2 Å². The van der Waals surface area contributed by atoms with Gasteiger partial charge in [0.25, 0.3) is 0 Å². The van der Waals surface area contributed by atoms with Crippen LogP contribution in [0.4, 0.5) is 0 Å². The van der Waals surface area contributed by atoms with Crippen LogP contribution in [0.1, 0.15) is 31.9 Å². The first-order valence-electron chi connectivity index (χ1n) is 7.03. The molecule has 1 aliphatic carbocycles. The summed E-state index contributed by atoms with van der Waals surface area (Å²) in [5.74, 6) is 0.694. The molecule has 1 aromatic carbocycles. The monoisotopic (exact) mass is 277 g/mol. The Morgan fingerprint density at radius 3 is 2.79 bits per heavy atom. The molecule has 4 heteroatoms. The minimum absolute atomic E-state index is 0.151. The average molecular weight is 278 g/mol. The number of fused-ring (bicyclic) bond motifs is 1. The molecule has 0 amide bonds. The molecular formula is C15H20ClN3. The molecule has 1 saturated carbocycles. The first-order valence-corrected chi connectivity index (χ1v) is 7.57. The number of rotatable bonds is 5. The van der Waals surface area contributed by atoms with Gasteiger partial charge in [0.2, 0.25) is 0 Å². The molecule has 102 valence electrons. The number of hydrogen-bond acceptors (Lipinski definition) is 2. The average Bonchev–Trinajstić information content (AvgIpc) is 2.77. The number of nitrogens with one attached hydrogen (secondary N) is 1. The van der Waals surface area contributed by atoms with E-state index in [4.69, 9.17) is 16.7 Å². The van der Waals surface area contributed by atoms with Crippen molar-refractivity contribution in [1.82, 2.24) is 15.1 Å². The number of hydrogen-bond donors (Lipinski definition) is 1. The summed E-state index contributed by atoms with van der Waals surface area (Å²) in [6.45, 7) is 3.84. The Bertz CT molecular complexity index is 566. The van der Waals surface area contributed by atoms with Crippen molar-refractivity contribution in [2.45, 2.75) is 44.8 Å². The number of para-hydroxylation sites is 1. The highest BCUT2D eigenvalue weighted by Gasteiger charge is 2.35. The van der Waals surface area contributed by atoms with E-state index in [-0.39, 0.29) is 5.54 Å². The van der Waals surface area contributed by atoms with Crippen molar-refractivity contribution in [1.29, 1.82) is 0 Å². The van der Waals surface area contributed by atoms with E-state index >= 15 is 0 Å². The predicted molar refractivity (Wildman–Crippen MR) is 79.5 cm³/mol. The summed E-state index contributed by atoms with van der Waals surface area (Å²) in [5, 5.41) is 9.59. The lowest BCUT2D eigenvalue weighted by atomic mass is 9.78. The summed E-state index contributed by atoms with van der Waals surface area (Å²) in [6, 6.07) is 8.43. The lowest BCUT2D eigenvalue weighted by molar-refractivity contribution is 0.210. The summed E-state index contributed by atoms with van der Waals surface area (Å²) in [5.41, 5.74) is 2.50. The van der Waals surface area contributed by atoms with E-state index in [0.717, 1.165) is 18.8 Å². The van der Waals surface area contributed by atoms with Crippen LogP contribution in [-0.4, -0.2) is 21.2 Å². The molecule has 1 aliphatic rings. The second-order valence-electron chi connectivity index (χ2n) is 5.40. The smallest absolute Gasteiger partial charge is 0.0841 e. The van der Waals surface area contributed by atoms with Crippen LogP contribution in [0.15, 0.2) is 24.3 Å². The van der Waals surface area contributed by atoms with Gasteiger partial charge in [-0.1, -0.05) is 18.2 Å². The van der Waals surface area contributed by atoms with Gasteiger partial charge in [-0.2, -0.15) is 5.10 Å². The molecule has 0 saturated heterocycles. The van der Waals surface area contributed by atoms with Crippen molar-refractivity contribution in [3.63, 3.8) is 0 Å². The van der Waals surface area contributed by atoms with Gasteiger partial charge in [0.05, 0.1) is 11.2 Å². The molecule has 1 fully saturated rings. The Hall–Kier alpha value is -1.06. The summed E-state index contributed by atoms with van der Waals surface area (Å²) in [6.07, 6.45) is 3.65. The molecule has 2 aromatic rings. The highest BCUT2D eigenvalue weighted by Crippen LogP contribution is 2.33. The molecule has 0 radical (unpaired) electrons. The van der Waals surface area contributed by atoms with Crippen molar-refractivity contribution in [2.75, 3.05) is 5.88 Å². The fourth-order valence-corrected chi connectivity index (χ4v) is 3.16. The van der Waals surface area contributed by atoms with Crippen molar-refractivity contribution >= 4 is 22.5 Å². The molecule has 0 atom stereocenters. The third kappa shape index (κ3) is 2.26. The second-order valence-corrected chi connectivity index (χ2v) is 5.67. The first-order chi connectivity index (χ1) is 9.28. The van der Waals surface area contributed by atoms with Crippen LogP contribution in [-0.2, 0) is 13.1 Å². The standard InChI is InChI=1S/C15H20ClN3/c1-2-19-14-7-4-3-6-12(14)13(18-19)10-17-15(11-16)8-5-9-15/h3-4,6-7,17H,2,5,8-11H2,1H3. The lowest BCUT2D eigenvalue weighted by Gasteiger charge is -2.41. The van der Waals surface area contributed by atoms with Gasteiger partial charge in [-0.05, 0) is 32.3 Å². The van der Waals surface area contributed by atoms with Gasteiger partial charge < -0.3 is 5.32 Å². The predicted octanol–water partition coefficient (Wildman–Crippen LogP) is 3.31. The van der Waals surface area contributed by atoms with E-state index in [1.807, 2.05) is 0 Å². The molecule has 3 nitrogen and oxygen atoms in total. The van der Waals surface area contributed by atoms with Crippen LogP contribution in [0.2, 0.25) is 0 Å². The van der Waals surface area contributed by atoms with Crippen LogP contribution in [0.25, 0.3) is 10.9 Å². The number of aryl methyl sites for hydroxylation is 1. The number of nitrogens with zero attached hydrogens (tertiary/aromatic N) is 2. The molecule has 0 bridgehead atoms. The summed E-state index contributed by atoms with van der Waals surface area (Å²) < 4.78 is 2.07. The van der Waals surface area contributed by atoms with E-state index in [2.05, 4.69) is 41.2 Å². The Morgan fingerprint density at radius 2 is 2.16 bits per heavy atom. The third-order valence-electron chi connectivity index (χ3n) is 4.23. The molecule has 1 N–H and O–H groups in total. The minimum atomic E-state index is 0.151. The first kappa shape index (κ1) is 12.9. The van der Waals surface area contributed by atoms with Crippen LogP contribution < -0.4 is 5.32 Å². The SMILES string of the molecule is CCn1nc(CNC2(CCl)CCC2)c2ccccc21. The maximum Gasteiger partial charge on any atom is 0.0841 e. The van der Waals surface area contributed by atoms with E-state index in [9.17, 15) is 0 Å². The molecule has 0 spiro atoms. The number of alkyl halides is 1. The topological polar surface area (TPSA) is 29.9 Å². The van der Waals surface area contributed by atoms with Gasteiger partial charge in [0, 0.05) is 29.9 Å². The zero-order chi connectivity index (χ0) is 13.3. The quantitative estimate of drug-likeness (QED) is 0.850. The van der Waals surface area contributed by atoms with E-state index < -0.39 is 0 Å². The lowest BCUT2D eigenvalue weighted by Crippen LogP contribution is -2.52.